The first-order valence-corrected chi connectivity index (χ1v) is 5.45. The molecule has 0 bridgehead atoms. The number of aromatic nitrogens is 4. The third kappa shape index (κ3) is 3.16. The molecule has 92 valence electrons. The van der Waals surface area contributed by atoms with E-state index in [0.29, 0.717) is 15.8 Å². The Balaban J connectivity index is 2.06. The Hall–Kier alpha value is -1.64. The molecule has 0 unspecified atom stereocenters. The molecule has 0 saturated carbocycles. The van der Waals surface area contributed by atoms with E-state index >= 15 is 0 Å². The summed E-state index contributed by atoms with van der Waals surface area (Å²) in [5.41, 5.74) is 5.87. The number of hydrogen-bond donors (Lipinski definition) is 1. The molecule has 5 nitrogen and oxygen atoms in total. The molecule has 2 aromatic heterocycles. The van der Waals surface area contributed by atoms with Crippen LogP contribution in [0.3, 0.4) is 0 Å². The van der Waals surface area contributed by atoms with Crippen molar-refractivity contribution in [3.63, 3.8) is 0 Å². The van der Waals surface area contributed by atoms with Gasteiger partial charge in [-0.15, -0.1) is 10.2 Å². The standard InChI is InChI=1S/C8H8F3N5S/c9-8(10,11)2-4-16-3-1-5(15-16)6-13-14-7(12)17-6/h1,3H,2,4H2,(H2,12,14). The zero-order valence-electron chi connectivity index (χ0n) is 8.48. The predicted molar refractivity (Wildman–Crippen MR) is 56.2 cm³/mol. The fourth-order valence-corrected chi connectivity index (χ4v) is 1.75. The topological polar surface area (TPSA) is 69.6 Å². The summed E-state index contributed by atoms with van der Waals surface area (Å²) in [4.78, 5) is 0. The molecule has 2 rings (SSSR count). The second-order valence-corrected chi connectivity index (χ2v) is 4.28. The van der Waals surface area contributed by atoms with Gasteiger partial charge in [0, 0.05) is 12.7 Å². The summed E-state index contributed by atoms with van der Waals surface area (Å²) < 4.78 is 37.2. The number of nitrogen functional groups attached to an aromatic ring is 1. The lowest BCUT2D eigenvalue weighted by molar-refractivity contribution is -0.137. The maximum Gasteiger partial charge on any atom is 0.390 e. The van der Waals surface area contributed by atoms with Gasteiger partial charge in [-0.05, 0) is 6.07 Å². The molecule has 0 saturated heterocycles. The number of anilines is 1. The lowest BCUT2D eigenvalue weighted by Gasteiger charge is -2.05. The molecule has 0 aromatic carbocycles. The highest BCUT2D eigenvalue weighted by molar-refractivity contribution is 7.18. The van der Waals surface area contributed by atoms with Crippen molar-refractivity contribution in [3.05, 3.63) is 12.3 Å². The summed E-state index contributed by atoms with van der Waals surface area (Å²) in [6, 6.07) is 1.58. The minimum atomic E-state index is -4.18. The van der Waals surface area contributed by atoms with Gasteiger partial charge in [0.25, 0.3) is 0 Å². The van der Waals surface area contributed by atoms with Crippen LogP contribution in [0.2, 0.25) is 0 Å². The molecule has 9 heteroatoms. The van der Waals surface area contributed by atoms with Crippen LogP contribution in [-0.2, 0) is 6.54 Å². The highest BCUT2D eigenvalue weighted by Gasteiger charge is 2.26. The first-order valence-electron chi connectivity index (χ1n) is 4.63. The van der Waals surface area contributed by atoms with Crippen LogP contribution in [0, 0.1) is 0 Å². The van der Waals surface area contributed by atoms with Crippen LogP contribution in [-0.4, -0.2) is 26.2 Å². The van der Waals surface area contributed by atoms with E-state index in [1.807, 2.05) is 0 Å². The van der Waals surface area contributed by atoms with Crippen molar-refractivity contribution in [1.82, 2.24) is 20.0 Å². The van der Waals surface area contributed by atoms with Gasteiger partial charge >= 0.3 is 6.18 Å². The fourth-order valence-electron chi connectivity index (χ4n) is 1.18. The molecule has 2 heterocycles. The van der Waals surface area contributed by atoms with Crippen molar-refractivity contribution in [3.8, 4) is 10.7 Å². The van der Waals surface area contributed by atoms with Gasteiger partial charge in [0.1, 0.15) is 5.69 Å². The third-order valence-electron chi connectivity index (χ3n) is 1.92. The largest absolute Gasteiger partial charge is 0.390 e. The second-order valence-electron chi connectivity index (χ2n) is 3.27. The van der Waals surface area contributed by atoms with Crippen LogP contribution in [0.5, 0.6) is 0 Å². The van der Waals surface area contributed by atoms with Gasteiger partial charge in [0.15, 0.2) is 5.01 Å². The summed E-state index contributed by atoms with van der Waals surface area (Å²) in [6.45, 7) is -0.211. The van der Waals surface area contributed by atoms with Crippen LogP contribution in [0.25, 0.3) is 10.7 Å². The van der Waals surface area contributed by atoms with E-state index in [1.165, 1.54) is 10.9 Å². The molecule has 0 spiro atoms. The van der Waals surface area contributed by atoms with E-state index in [-0.39, 0.29) is 6.54 Å². The van der Waals surface area contributed by atoms with Gasteiger partial charge in [0.2, 0.25) is 5.13 Å². The SMILES string of the molecule is Nc1nnc(-c2ccn(CCC(F)(F)F)n2)s1. The summed E-state index contributed by atoms with van der Waals surface area (Å²) >= 11 is 1.14. The molecule has 0 fully saturated rings. The van der Waals surface area contributed by atoms with Crippen LogP contribution in [0.4, 0.5) is 18.3 Å². The number of rotatable bonds is 3. The Morgan fingerprint density at radius 1 is 1.35 bits per heavy atom. The number of alkyl halides is 3. The molecule has 0 atom stereocenters. The average molecular weight is 263 g/mol. The molecule has 2 N–H and O–H groups in total. The van der Waals surface area contributed by atoms with Gasteiger partial charge in [-0.3, -0.25) is 4.68 Å². The molecular formula is C8H8F3N5S. The second kappa shape index (κ2) is 4.32. The predicted octanol–water partition coefficient (Wildman–Crippen LogP) is 1.94. The van der Waals surface area contributed by atoms with Crippen LogP contribution in [0.1, 0.15) is 6.42 Å². The first kappa shape index (κ1) is 11.8. The Morgan fingerprint density at radius 3 is 2.71 bits per heavy atom. The lowest BCUT2D eigenvalue weighted by atomic mass is 10.4. The normalized spacial score (nSPS) is 11.9. The maximum atomic E-state index is 12.0. The molecule has 0 aliphatic heterocycles. The van der Waals surface area contributed by atoms with E-state index in [9.17, 15) is 13.2 Å². The molecular weight excluding hydrogens is 255 g/mol. The number of aryl methyl sites for hydroxylation is 1. The van der Waals surface area contributed by atoms with Crippen molar-refractivity contribution < 1.29 is 13.2 Å². The number of nitrogens with two attached hydrogens (primary N) is 1. The highest BCUT2D eigenvalue weighted by atomic mass is 32.1. The Morgan fingerprint density at radius 2 is 2.12 bits per heavy atom. The maximum absolute atomic E-state index is 12.0. The zero-order valence-corrected chi connectivity index (χ0v) is 9.29. The number of hydrogen-bond acceptors (Lipinski definition) is 5. The minimum Gasteiger partial charge on any atom is -0.374 e. The Labute approximate surface area is 98.1 Å². The van der Waals surface area contributed by atoms with Gasteiger partial charge < -0.3 is 5.73 Å². The summed E-state index contributed by atoms with van der Waals surface area (Å²) in [5, 5.41) is 12.1. The molecule has 0 aliphatic carbocycles. The van der Waals surface area contributed by atoms with Crippen molar-refractivity contribution in [2.45, 2.75) is 19.1 Å². The molecule has 0 amide bonds. The van der Waals surface area contributed by atoms with Crippen LogP contribution >= 0.6 is 11.3 Å². The third-order valence-corrected chi connectivity index (χ3v) is 2.70. The first-order chi connectivity index (χ1) is 7.94. The van der Waals surface area contributed by atoms with E-state index in [4.69, 9.17) is 5.73 Å². The molecule has 2 aromatic rings. The number of halogens is 3. The van der Waals surface area contributed by atoms with Crippen LogP contribution in [0.15, 0.2) is 12.3 Å². The highest BCUT2D eigenvalue weighted by Crippen LogP contribution is 2.24. The fraction of sp³-hybridized carbons (Fsp3) is 0.375. The quantitative estimate of drug-likeness (QED) is 0.918. The zero-order chi connectivity index (χ0) is 12.5. The van der Waals surface area contributed by atoms with Crippen molar-refractivity contribution in [2.24, 2.45) is 0 Å². The summed E-state index contributed by atoms with van der Waals surface area (Å²) in [7, 11) is 0. The summed E-state index contributed by atoms with van der Waals surface area (Å²) in [5.74, 6) is 0. The van der Waals surface area contributed by atoms with Crippen molar-refractivity contribution in [2.75, 3.05) is 5.73 Å². The smallest absolute Gasteiger partial charge is 0.374 e. The molecule has 0 aliphatic rings. The van der Waals surface area contributed by atoms with E-state index in [1.54, 1.807) is 6.07 Å². The monoisotopic (exact) mass is 263 g/mol. The van der Waals surface area contributed by atoms with E-state index in [2.05, 4.69) is 15.3 Å². The van der Waals surface area contributed by atoms with Gasteiger partial charge in [-0.1, -0.05) is 11.3 Å². The lowest BCUT2D eigenvalue weighted by Crippen LogP contribution is -2.12. The van der Waals surface area contributed by atoms with Crippen molar-refractivity contribution in [1.29, 1.82) is 0 Å². The molecule has 17 heavy (non-hydrogen) atoms. The van der Waals surface area contributed by atoms with E-state index < -0.39 is 12.6 Å². The van der Waals surface area contributed by atoms with E-state index in [0.717, 1.165) is 11.3 Å². The van der Waals surface area contributed by atoms with Gasteiger partial charge in [0.05, 0.1) is 6.42 Å². The van der Waals surface area contributed by atoms with Crippen LogP contribution < -0.4 is 5.73 Å². The van der Waals surface area contributed by atoms with Gasteiger partial charge in [-0.25, -0.2) is 0 Å². The molecule has 0 radical (unpaired) electrons. The van der Waals surface area contributed by atoms with Crippen molar-refractivity contribution >= 4 is 16.5 Å². The summed E-state index contributed by atoms with van der Waals surface area (Å²) in [6.07, 6.45) is -3.62. The Bertz CT molecular complexity index is 503. The minimum absolute atomic E-state index is 0.211. The average Bonchev–Trinajstić information content (AvgIpc) is 2.81. The van der Waals surface area contributed by atoms with Gasteiger partial charge in [-0.2, -0.15) is 18.3 Å². The Kier molecular flexibility index (Phi) is 3.01. The number of nitrogens with zero attached hydrogens (tertiary/aromatic N) is 4.